The van der Waals surface area contributed by atoms with Crippen molar-refractivity contribution >= 4 is 54.2 Å². The van der Waals surface area contributed by atoms with E-state index in [2.05, 4.69) is 91.0 Å². The number of aryl methyl sites for hydroxylation is 2. The van der Waals surface area contributed by atoms with Crippen molar-refractivity contribution in [3.63, 3.8) is 0 Å². The van der Waals surface area contributed by atoms with Gasteiger partial charge in [0.15, 0.2) is 8.32 Å². The van der Waals surface area contributed by atoms with Crippen molar-refractivity contribution in [2.24, 2.45) is 14.1 Å². The first kappa shape index (κ1) is 43.5. The Morgan fingerprint density at radius 2 is 1.18 bits per heavy atom. The smallest absolute Gasteiger partial charge is 0.337 e. The van der Waals surface area contributed by atoms with E-state index in [1.807, 2.05) is 61.5 Å². The molecule has 0 unspecified atom stereocenters. The number of carboxylic acid groups (broad SMARTS) is 2. The lowest BCUT2D eigenvalue weighted by Gasteiger charge is -2.35. The molecule has 61 heavy (non-hydrogen) atoms. The summed E-state index contributed by atoms with van der Waals surface area (Å²) in [5.74, 6) is -0.888. The summed E-state index contributed by atoms with van der Waals surface area (Å²) in [5.41, 5.74) is 10.3. The lowest BCUT2D eigenvalue weighted by Crippen LogP contribution is -2.40. The van der Waals surface area contributed by atoms with Crippen molar-refractivity contribution in [1.29, 1.82) is 0 Å². The highest BCUT2D eigenvalue weighted by Gasteiger charge is 2.36. The van der Waals surface area contributed by atoms with Gasteiger partial charge in [0.2, 0.25) is 0 Å². The quantitative estimate of drug-likeness (QED) is 0.0922. The summed E-state index contributed by atoms with van der Waals surface area (Å²) in [6, 6.07) is 16.2. The molecule has 0 amide bonds. The summed E-state index contributed by atoms with van der Waals surface area (Å²) in [6.45, 7) is 11.8. The van der Waals surface area contributed by atoms with Crippen molar-refractivity contribution in [1.82, 2.24) is 19.1 Å². The molecule has 2 fully saturated rings. The Morgan fingerprint density at radius 1 is 0.738 bits per heavy atom. The topological polar surface area (TPSA) is 140 Å². The Morgan fingerprint density at radius 3 is 1.57 bits per heavy atom. The normalized spacial score (nSPS) is 14.6. The van der Waals surface area contributed by atoms with E-state index >= 15 is 0 Å². The van der Waals surface area contributed by atoms with Crippen LogP contribution in [0.3, 0.4) is 0 Å². The van der Waals surface area contributed by atoms with E-state index in [0.717, 1.165) is 80.9 Å². The Bertz CT molecular complexity index is 2660. The van der Waals surface area contributed by atoms with Crippen LogP contribution in [0.25, 0.3) is 34.0 Å². The van der Waals surface area contributed by atoms with Gasteiger partial charge in [-0.15, -0.1) is 0 Å². The first-order chi connectivity index (χ1) is 29.0. The molecule has 0 bridgehead atoms. The molecular weight excluding hydrogens is 781 g/mol. The number of carboxylic acids is 2. The minimum absolute atomic E-state index is 0.0243. The Balaban J connectivity index is 0.000000189. The molecule has 10 nitrogen and oxygen atoms in total. The molecule has 6 aromatic rings. The second-order valence-corrected chi connectivity index (χ2v) is 23.0. The summed E-state index contributed by atoms with van der Waals surface area (Å²) in [4.78, 5) is 32.8. The fraction of sp³-hybridized carbons (Fsp3) is 0.360. The molecule has 8 rings (SSSR count). The summed E-state index contributed by atoms with van der Waals surface area (Å²) in [6.07, 6.45) is 21.0. The summed E-state index contributed by atoms with van der Waals surface area (Å²) < 4.78 is 10.5. The molecule has 0 saturated heterocycles. The van der Waals surface area contributed by atoms with E-state index in [1.54, 1.807) is 12.1 Å². The third kappa shape index (κ3) is 10.1. The number of aromatic carboxylic acids is 2. The van der Waals surface area contributed by atoms with Gasteiger partial charge >= 0.3 is 11.9 Å². The van der Waals surface area contributed by atoms with Gasteiger partial charge in [-0.3, -0.25) is 9.97 Å². The predicted octanol–water partition coefficient (Wildman–Crippen LogP) is 10.5. The third-order valence-corrected chi connectivity index (χ3v) is 16.9. The van der Waals surface area contributed by atoms with Crippen LogP contribution in [-0.2, 0) is 31.4 Å². The van der Waals surface area contributed by atoms with Crippen LogP contribution in [-0.4, -0.2) is 67.9 Å². The average molecular weight is 839 g/mol. The number of hydrogen-bond acceptors (Lipinski definition) is 6. The van der Waals surface area contributed by atoms with E-state index < -0.39 is 20.3 Å². The number of pyridine rings is 2. The zero-order valence-corrected chi connectivity index (χ0v) is 37.4. The van der Waals surface area contributed by atoms with Crippen molar-refractivity contribution < 1.29 is 29.3 Å². The number of rotatable bonds is 14. The highest BCUT2D eigenvalue weighted by Crippen LogP contribution is 2.41. The highest BCUT2D eigenvalue weighted by atomic mass is 28.4. The Kier molecular flexibility index (Phi) is 12.7. The molecule has 3 N–H and O–H groups in total. The van der Waals surface area contributed by atoms with Crippen molar-refractivity contribution in [3.8, 4) is 0 Å². The molecule has 11 heteroatoms. The molecule has 2 aliphatic carbocycles. The van der Waals surface area contributed by atoms with Crippen molar-refractivity contribution in [2.75, 3.05) is 13.2 Å². The molecule has 4 aromatic heterocycles. The van der Waals surface area contributed by atoms with Gasteiger partial charge in [-0.2, -0.15) is 0 Å². The van der Waals surface area contributed by atoms with Crippen LogP contribution < -0.4 is 0 Å². The summed E-state index contributed by atoms with van der Waals surface area (Å²) in [7, 11) is 2.23. The van der Waals surface area contributed by atoms with Crippen LogP contribution in [0.5, 0.6) is 0 Å². The van der Waals surface area contributed by atoms with Crippen LogP contribution in [0.4, 0.5) is 0 Å². The lowest BCUT2D eigenvalue weighted by atomic mass is 9.99. The minimum Gasteiger partial charge on any atom is -0.478 e. The monoisotopic (exact) mass is 838 g/mol. The van der Waals surface area contributed by atoms with Gasteiger partial charge in [0, 0.05) is 62.5 Å². The van der Waals surface area contributed by atoms with Gasteiger partial charge in [0.25, 0.3) is 0 Å². The van der Waals surface area contributed by atoms with E-state index in [1.165, 1.54) is 0 Å². The fourth-order valence-corrected chi connectivity index (χ4v) is 8.66. The maximum atomic E-state index is 12.0. The summed E-state index contributed by atoms with van der Waals surface area (Å²) >= 11 is 0. The largest absolute Gasteiger partial charge is 0.478 e. The molecule has 0 atom stereocenters. The second-order valence-electron chi connectivity index (χ2n) is 18.2. The maximum absolute atomic E-state index is 12.0. The van der Waals surface area contributed by atoms with Crippen LogP contribution >= 0.6 is 0 Å². The molecular formula is C50H58N4O6Si. The fourth-order valence-electron chi connectivity index (χ4n) is 7.71. The number of hydrogen-bond donors (Lipinski definition) is 3. The Hall–Kier alpha value is -5.62. The molecule has 318 valence electrons. The number of aromatic nitrogens is 4. The van der Waals surface area contributed by atoms with E-state index in [4.69, 9.17) is 9.53 Å². The van der Waals surface area contributed by atoms with Gasteiger partial charge in [-0.05, 0) is 138 Å². The first-order valence-electron chi connectivity index (χ1n) is 21.2. The van der Waals surface area contributed by atoms with Gasteiger partial charge in [0.1, 0.15) is 0 Å². The molecule has 0 spiro atoms. The van der Waals surface area contributed by atoms with Gasteiger partial charge in [-0.25, -0.2) is 9.59 Å². The van der Waals surface area contributed by atoms with Crippen molar-refractivity contribution in [2.45, 2.75) is 89.3 Å². The molecule has 0 aliphatic heterocycles. The molecule has 0 radical (unpaired) electrons. The SMILES string of the molecule is Cn1ccc2cc(Cc3ncc(C4CC4)cc3C(=O)O)cc(/C=C/CO)c21.Cn1ccc2cc(Cc3ncc(C4CC4)cc3C(=O)O)cc(/C=C/CO[Si](C)(C)C(C)(C)C)c21. The number of aliphatic hydroxyl groups excluding tert-OH is 1. The van der Waals surface area contributed by atoms with E-state index in [-0.39, 0.29) is 11.6 Å². The highest BCUT2D eigenvalue weighted by molar-refractivity contribution is 6.74. The van der Waals surface area contributed by atoms with E-state index in [9.17, 15) is 19.8 Å². The van der Waals surface area contributed by atoms with Crippen LogP contribution in [0.15, 0.2) is 85.5 Å². The van der Waals surface area contributed by atoms with Gasteiger partial charge < -0.3 is 28.9 Å². The number of carbonyl (C=O) groups is 2. The summed E-state index contributed by atoms with van der Waals surface area (Å²) in [5, 5.41) is 31.0. The molecule has 2 aliphatic rings. The first-order valence-corrected chi connectivity index (χ1v) is 24.1. The minimum atomic E-state index is -1.80. The van der Waals surface area contributed by atoms with Crippen LogP contribution in [0.2, 0.25) is 18.1 Å². The standard InChI is InChI=1S/C28H36N2O3Si.C22H22N2O3/c1-28(2,3)34(5,6)33-13-7-8-21-14-19(15-22-11-12-30(4)26(21)22)16-25-24(27(31)32)17-23(18-29-25)20-9-10-20;1-24-7-6-17-10-14(9-16(21(17)24)3-2-8-25)11-20-19(22(26)27)12-18(13-23-20)15-4-5-15/h7-8,11-12,14-15,17-18,20H,9-10,13,16H2,1-6H3,(H,31,32);2-3,6-7,9-10,12-13,15,25H,4-5,8,11H2,1H3,(H,26,27)/b8-7+;3-2+. The van der Waals surface area contributed by atoms with Crippen LogP contribution in [0, 0.1) is 0 Å². The van der Waals surface area contributed by atoms with Crippen LogP contribution in [0.1, 0.15) is 124 Å². The van der Waals surface area contributed by atoms with E-state index in [0.29, 0.717) is 53.8 Å². The molecule has 4 heterocycles. The van der Waals surface area contributed by atoms with Crippen molar-refractivity contribution in [3.05, 3.63) is 141 Å². The number of benzene rings is 2. The Labute approximate surface area is 359 Å². The second kappa shape index (κ2) is 17.8. The van der Waals surface area contributed by atoms with Gasteiger partial charge in [-0.1, -0.05) is 45.1 Å². The molecule has 2 saturated carbocycles. The zero-order valence-electron chi connectivity index (χ0n) is 36.4. The maximum Gasteiger partial charge on any atom is 0.337 e. The number of nitrogens with zero attached hydrogens (tertiary/aromatic N) is 4. The lowest BCUT2D eigenvalue weighted by molar-refractivity contribution is 0.0684. The number of fused-ring (bicyclic) bond motifs is 2. The average Bonchev–Trinajstić information content (AvgIpc) is 4.15. The zero-order chi connectivity index (χ0) is 43.6. The number of aliphatic hydroxyl groups is 1. The predicted molar refractivity (Wildman–Crippen MR) is 246 cm³/mol. The van der Waals surface area contributed by atoms with Gasteiger partial charge in [0.05, 0.1) is 46.8 Å². The third-order valence-electron chi connectivity index (χ3n) is 12.4. The molecule has 2 aromatic carbocycles.